The summed E-state index contributed by atoms with van der Waals surface area (Å²) in [7, 11) is -2.12. The maximum absolute atomic E-state index is 5.93. The molecule has 0 saturated heterocycles. The Balaban J connectivity index is 2.24. The molecule has 0 unspecified atom stereocenters. The van der Waals surface area contributed by atoms with Crippen LogP contribution in [-0.2, 0) is 0 Å². The summed E-state index contributed by atoms with van der Waals surface area (Å²) in [5.74, 6) is -0.0342. The molecular formula is C21H22N5P. The van der Waals surface area contributed by atoms with Crippen molar-refractivity contribution in [2.45, 2.75) is 0 Å². The third-order valence-electron chi connectivity index (χ3n) is 4.19. The molecule has 0 radical (unpaired) electrons. The van der Waals surface area contributed by atoms with Crippen molar-refractivity contribution in [3.05, 3.63) is 91.0 Å². The summed E-state index contributed by atoms with van der Waals surface area (Å²) in [6.07, 6.45) is 0.449. The molecule has 0 bridgehead atoms. The van der Waals surface area contributed by atoms with Gasteiger partial charge in [-0.3, -0.25) is 0 Å². The Labute approximate surface area is 160 Å². The highest BCUT2D eigenvalue weighted by Gasteiger charge is 2.42. The quantitative estimate of drug-likeness (QED) is 0.271. The minimum Gasteiger partial charge on any atom is -0.370 e. The van der Waals surface area contributed by atoms with Crippen molar-refractivity contribution < 1.29 is 0 Å². The molecule has 0 spiro atoms. The zero-order valence-corrected chi connectivity index (χ0v) is 15.8. The minimum atomic E-state index is -2.12. The third kappa shape index (κ3) is 4.15. The standard InChI is InChI=1S/C21H22N5P/c22-20(23)26-21(24)25-16-27(17-10-4-1-5-11-17,18-12-6-2-7-13-18)19-14-8-3-9-15-19/h1-14H,16H2,(H6,22,23,24,25,26). The normalized spacial score (nSPS) is 11.8. The largest absolute Gasteiger partial charge is 0.370 e. The molecule has 6 heteroatoms. The van der Waals surface area contributed by atoms with Crippen LogP contribution in [0.2, 0.25) is 0 Å². The van der Waals surface area contributed by atoms with Gasteiger partial charge in [-0.1, -0.05) is 36.4 Å². The van der Waals surface area contributed by atoms with Crippen LogP contribution in [0.4, 0.5) is 0 Å². The molecule has 136 valence electrons. The number of nitrogens with two attached hydrogens (primary N) is 3. The molecule has 0 aliphatic carbocycles. The second-order valence-corrected chi connectivity index (χ2v) is 9.34. The first kappa shape index (κ1) is 18.6. The molecule has 0 atom stereocenters. The van der Waals surface area contributed by atoms with Crippen LogP contribution < -0.4 is 33.1 Å². The van der Waals surface area contributed by atoms with Crippen LogP contribution in [0, 0.1) is 6.07 Å². The zero-order valence-electron chi connectivity index (χ0n) is 14.9. The highest BCUT2D eigenvalue weighted by atomic mass is 31.2. The second-order valence-electron chi connectivity index (χ2n) is 5.92. The lowest BCUT2D eigenvalue weighted by Crippen LogP contribution is -2.34. The van der Waals surface area contributed by atoms with E-state index < -0.39 is 7.26 Å². The summed E-state index contributed by atoms with van der Waals surface area (Å²) in [6, 6.07) is 32.2. The molecule has 5 nitrogen and oxygen atoms in total. The number of nitrogens with zero attached hydrogens (tertiary/aromatic N) is 2. The number of hydrogen-bond acceptors (Lipinski definition) is 1. The maximum atomic E-state index is 5.93. The number of rotatable bonds is 5. The van der Waals surface area contributed by atoms with Crippen LogP contribution in [0.1, 0.15) is 0 Å². The Morgan fingerprint density at radius 2 is 1.33 bits per heavy atom. The average Bonchev–Trinajstić information content (AvgIpc) is 2.70. The molecule has 0 aromatic heterocycles. The first-order valence-electron chi connectivity index (χ1n) is 8.49. The van der Waals surface area contributed by atoms with Gasteiger partial charge in [0.05, 0.1) is 0 Å². The molecule has 0 heterocycles. The van der Waals surface area contributed by atoms with E-state index in [1.54, 1.807) is 0 Å². The van der Waals surface area contributed by atoms with Gasteiger partial charge in [0.25, 0.3) is 0 Å². The maximum Gasteiger partial charge on any atom is 0.221 e. The van der Waals surface area contributed by atoms with Crippen molar-refractivity contribution in [3.8, 4) is 0 Å². The van der Waals surface area contributed by atoms with Gasteiger partial charge >= 0.3 is 0 Å². The van der Waals surface area contributed by atoms with Gasteiger partial charge in [-0.15, -0.1) is 12.1 Å². The van der Waals surface area contributed by atoms with Crippen LogP contribution in [0.3, 0.4) is 0 Å². The molecular weight excluding hydrogens is 353 g/mol. The van der Waals surface area contributed by atoms with Gasteiger partial charge in [0.2, 0.25) is 5.96 Å². The van der Waals surface area contributed by atoms with E-state index in [2.05, 4.69) is 46.4 Å². The van der Waals surface area contributed by atoms with Gasteiger partial charge in [0.1, 0.15) is 17.9 Å². The molecule has 3 aromatic rings. The number of guanidine groups is 2. The SMILES string of the molecule is NC(N)=N/C(N)=N/C[P+](c1[c-]cccc1)(c1ccccc1)c1ccccc1. The van der Waals surface area contributed by atoms with E-state index in [0.29, 0.717) is 6.29 Å². The summed E-state index contributed by atoms with van der Waals surface area (Å²) in [5.41, 5.74) is 16.8. The van der Waals surface area contributed by atoms with Gasteiger partial charge in [0.15, 0.2) is 12.2 Å². The average molecular weight is 375 g/mol. The molecule has 27 heavy (non-hydrogen) atoms. The second kappa shape index (κ2) is 8.47. The van der Waals surface area contributed by atoms with E-state index in [1.165, 1.54) is 10.6 Å². The topological polar surface area (TPSA) is 103 Å². The van der Waals surface area contributed by atoms with E-state index in [-0.39, 0.29) is 11.9 Å². The van der Waals surface area contributed by atoms with E-state index in [9.17, 15) is 0 Å². The van der Waals surface area contributed by atoms with Crippen molar-refractivity contribution in [2.24, 2.45) is 27.2 Å². The minimum absolute atomic E-state index is 0.0715. The van der Waals surface area contributed by atoms with E-state index in [4.69, 9.17) is 17.2 Å². The van der Waals surface area contributed by atoms with Gasteiger partial charge in [0, 0.05) is 0 Å². The number of aliphatic imine (C=N–C) groups is 2. The molecule has 3 aromatic carbocycles. The Hall–Kier alpha value is -3.17. The molecule has 0 amide bonds. The summed E-state index contributed by atoms with van der Waals surface area (Å²) in [4.78, 5) is 8.41. The van der Waals surface area contributed by atoms with Crippen molar-refractivity contribution in [1.82, 2.24) is 0 Å². The summed E-state index contributed by atoms with van der Waals surface area (Å²) < 4.78 is 0. The van der Waals surface area contributed by atoms with Crippen LogP contribution in [0.5, 0.6) is 0 Å². The van der Waals surface area contributed by atoms with Crippen LogP contribution in [0.15, 0.2) is 94.9 Å². The van der Waals surface area contributed by atoms with Crippen molar-refractivity contribution >= 4 is 35.1 Å². The monoisotopic (exact) mass is 375 g/mol. The lowest BCUT2D eigenvalue weighted by Gasteiger charge is -2.29. The molecule has 0 saturated carbocycles. The van der Waals surface area contributed by atoms with Gasteiger partial charge < -0.3 is 17.2 Å². The van der Waals surface area contributed by atoms with Gasteiger partial charge in [-0.25, -0.2) is 4.99 Å². The third-order valence-corrected chi connectivity index (χ3v) is 8.21. The predicted octanol–water partition coefficient (Wildman–Crippen LogP) is 1.33. The fraction of sp³-hybridized carbons (Fsp3) is 0.0476. The molecule has 0 fully saturated rings. The summed E-state index contributed by atoms with van der Waals surface area (Å²) >= 11 is 0. The van der Waals surface area contributed by atoms with Crippen molar-refractivity contribution in [1.29, 1.82) is 0 Å². The Bertz CT molecular complexity index is 824. The number of benzene rings is 3. The van der Waals surface area contributed by atoms with Crippen LogP contribution in [-0.4, -0.2) is 18.2 Å². The van der Waals surface area contributed by atoms with E-state index in [1.807, 2.05) is 54.6 Å². The fourth-order valence-corrected chi connectivity index (χ4v) is 6.69. The first-order valence-corrected chi connectivity index (χ1v) is 10.5. The molecule has 0 aliphatic rings. The zero-order chi connectivity index (χ0) is 19.1. The smallest absolute Gasteiger partial charge is 0.221 e. The highest BCUT2D eigenvalue weighted by molar-refractivity contribution is 7.95. The van der Waals surface area contributed by atoms with E-state index in [0.717, 1.165) is 5.30 Å². The fourth-order valence-electron chi connectivity index (χ4n) is 3.00. The Morgan fingerprint density at radius 3 is 1.81 bits per heavy atom. The summed E-state index contributed by atoms with van der Waals surface area (Å²) in [5, 5.41) is 3.49. The van der Waals surface area contributed by atoms with Crippen LogP contribution in [0.25, 0.3) is 0 Å². The lowest BCUT2D eigenvalue weighted by molar-refractivity contribution is 1.28. The molecule has 3 rings (SSSR count). The predicted molar refractivity (Wildman–Crippen MR) is 116 cm³/mol. The highest BCUT2D eigenvalue weighted by Crippen LogP contribution is 2.55. The van der Waals surface area contributed by atoms with E-state index >= 15 is 0 Å². The number of hydrogen-bond donors (Lipinski definition) is 3. The Kier molecular flexibility index (Phi) is 5.84. The lowest BCUT2D eigenvalue weighted by atomic mass is 10.4. The van der Waals surface area contributed by atoms with Gasteiger partial charge in [-0.05, 0) is 29.6 Å². The van der Waals surface area contributed by atoms with Crippen LogP contribution >= 0.6 is 7.26 Å². The molecule has 6 N–H and O–H groups in total. The summed E-state index contributed by atoms with van der Waals surface area (Å²) in [6.45, 7) is 0. The van der Waals surface area contributed by atoms with Crippen molar-refractivity contribution in [2.75, 3.05) is 6.29 Å². The first-order chi connectivity index (χ1) is 13.1. The molecule has 0 aliphatic heterocycles. The van der Waals surface area contributed by atoms with Crippen molar-refractivity contribution in [3.63, 3.8) is 0 Å². The van der Waals surface area contributed by atoms with Gasteiger partial charge in [-0.2, -0.15) is 23.2 Å². The Morgan fingerprint density at radius 1 is 0.778 bits per heavy atom.